The minimum absolute atomic E-state index is 0.0461. The van der Waals surface area contributed by atoms with Crippen LogP contribution in [0.1, 0.15) is 26.7 Å². The molecule has 0 heterocycles. The standard InChI is InChI=1S/C19H23BrN2O4S/c1-4-13(5-2)19(23)21-16-10-11-17(26-3)18(12-16)27(24,25)22-15-8-6-14(20)7-9-15/h6-13,22H,4-5H2,1-3H3,(H,21,23). The molecule has 0 aromatic heterocycles. The van der Waals surface area contributed by atoms with Gasteiger partial charge in [-0.2, -0.15) is 0 Å². The van der Waals surface area contributed by atoms with E-state index < -0.39 is 10.0 Å². The van der Waals surface area contributed by atoms with Gasteiger partial charge in [0.15, 0.2) is 0 Å². The van der Waals surface area contributed by atoms with E-state index in [9.17, 15) is 13.2 Å². The van der Waals surface area contributed by atoms with Crippen LogP contribution in [0.15, 0.2) is 51.8 Å². The van der Waals surface area contributed by atoms with E-state index in [1.165, 1.54) is 19.2 Å². The lowest BCUT2D eigenvalue weighted by Gasteiger charge is -2.16. The molecule has 1 amide bonds. The number of ether oxygens (including phenoxy) is 1. The first-order valence-electron chi connectivity index (χ1n) is 8.58. The Kier molecular flexibility index (Phi) is 7.26. The lowest BCUT2D eigenvalue weighted by Crippen LogP contribution is -2.22. The Morgan fingerprint density at radius 2 is 1.67 bits per heavy atom. The third kappa shape index (κ3) is 5.46. The zero-order valence-electron chi connectivity index (χ0n) is 15.5. The minimum atomic E-state index is -3.90. The maximum absolute atomic E-state index is 12.8. The van der Waals surface area contributed by atoms with Gasteiger partial charge in [0.25, 0.3) is 10.0 Å². The number of carbonyl (C=O) groups is 1. The highest BCUT2D eigenvalue weighted by atomic mass is 79.9. The molecule has 0 saturated carbocycles. The van der Waals surface area contributed by atoms with Crippen molar-refractivity contribution in [3.8, 4) is 5.75 Å². The van der Waals surface area contributed by atoms with Crippen LogP contribution in [0, 0.1) is 5.92 Å². The predicted molar refractivity (Wildman–Crippen MR) is 111 cm³/mol. The fourth-order valence-corrected chi connectivity index (χ4v) is 4.12. The molecule has 2 aromatic carbocycles. The molecule has 0 saturated heterocycles. The highest BCUT2D eigenvalue weighted by Crippen LogP contribution is 2.29. The largest absolute Gasteiger partial charge is 0.495 e. The van der Waals surface area contributed by atoms with Gasteiger partial charge in [0.1, 0.15) is 10.6 Å². The Balaban J connectivity index is 2.33. The van der Waals surface area contributed by atoms with Gasteiger partial charge in [-0.1, -0.05) is 29.8 Å². The van der Waals surface area contributed by atoms with Gasteiger partial charge < -0.3 is 10.1 Å². The fraction of sp³-hybridized carbons (Fsp3) is 0.316. The zero-order valence-corrected chi connectivity index (χ0v) is 17.9. The second-order valence-corrected chi connectivity index (χ2v) is 8.55. The molecule has 0 aliphatic rings. The van der Waals surface area contributed by atoms with Crippen molar-refractivity contribution in [2.45, 2.75) is 31.6 Å². The maximum Gasteiger partial charge on any atom is 0.265 e. The Bertz CT molecular complexity index is 894. The first-order valence-corrected chi connectivity index (χ1v) is 10.9. The average molecular weight is 455 g/mol. The predicted octanol–water partition coefficient (Wildman–Crippen LogP) is 4.63. The van der Waals surface area contributed by atoms with Crippen LogP contribution < -0.4 is 14.8 Å². The van der Waals surface area contributed by atoms with E-state index in [4.69, 9.17) is 4.74 Å². The van der Waals surface area contributed by atoms with Crippen LogP contribution >= 0.6 is 15.9 Å². The number of amides is 1. The number of sulfonamides is 1. The smallest absolute Gasteiger partial charge is 0.265 e. The van der Waals surface area contributed by atoms with E-state index in [0.717, 1.165) is 17.3 Å². The summed E-state index contributed by atoms with van der Waals surface area (Å²) in [6.07, 6.45) is 1.43. The van der Waals surface area contributed by atoms with Crippen LogP contribution in [0.4, 0.5) is 11.4 Å². The van der Waals surface area contributed by atoms with Gasteiger partial charge in [0.05, 0.1) is 7.11 Å². The number of nitrogens with one attached hydrogen (secondary N) is 2. The molecule has 0 spiro atoms. The molecular formula is C19H23BrN2O4S. The van der Waals surface area contributed by atoms with E-state index in [1.807, 2.05) is 13.8 Å². The fourth-order valence-electron chi connectivity index (χ4n) is 2.60. The molecular weight excluding hydrogens is 432 g/mol. The molecule has 146 valence electrons. The summed E-state index contributed by atoms with van der Waals surface area (Å²) in [7, 11) is -2.50. The number of rotatable bonds is 8. The number of hydrogen-bond donors (Lipinski definition) is 2. The monoisotopic (exact) mass is 454 g/mol. The quantitative estimate of drug-likeness (QED) is 0.608. The molecule has 27 heavy (non-hydrogen) atoms. The number of carbonyl (C=O) groups excluding carboxylic acids is 1. The van der Waals surface area contributed by atoms with Crippen molar-refractivity contribution >= 4 is 43.2 Å². The second-order valence-electron chi connectivity index (χ2n) is 5.98. The number of anilines is 2. The van der Waals surface area contributed by atoms with Crippen molar-refractivity contribution in [2.75, 3.05) is 17.1 Å². The number of benzene rings is 2. The van der Waals surface area contributed by atoms with E-state index in [0.29, 0.717) is 11.4 Å². The summed E-state index contributed by atoms with van der Waals surface area (Å²) in [6, 6.07) is 11.3. The normalized spacial score (nSPS) is 11.3. The van der Waals surface area contributed by atoms with Crippen LogP contribution in [0.2, 0.25) is 0 Å². The summed E-state index contributed by atoms with van der Waals surface area (Å²) in [5.41, 5.74) is 0.829. The van der Waals surface area contributed by atoms with Gasteiger partial charge in [0.2, 0.25) is 5.91 Å². The van der Waals surface area contributed by atoms with E-state index in [-0.39, 0.29) is 22.5 Å². The van der Waals surface area contributed by atoms with Gasteiger partial charge in [-0.25, -0.2) is 8.42 Å². The maximum atomic E-state index is 12.8. The molecule has 2 rings (SSSR count). The second kappa shape index (κ2) is 9.23. The van der Waals surface area contributed by atoms with Gasteiger partial charge in [-0.15, -0.1) is 0 Å². The minimum Gasteiger partial charge on any atom is -0.495 e. The van der Waals surface area contributed by atoms with Crippen LogP contribution in [0.5, 0.6) is 5.75 Å². The molecule has 2 aromatic rings. The highest BCUT2D eigenvalue weighted by molar-refractivity contribution is 9.10. The number of methoxy groups -OCH3 is 1. The Morgan fingerprint density at radius 3 is 2.22 bits per heavy atom. The van der Waals surface area contributed by atoms with E-state index in [2.05, 4.69) is 26.0 Å². The van der Waals surface area contributed by atoms with E-state index >= 15 is 0 Å². The molecule has 0 bridgehead atoms. The number of hydrogen-bond acceptors (Lipinski definition) is 4. The third-order valence-electron chi connectivity index (χ3n) is 4.17. The summed E-state index contributed by atoms with van der Waals surface area (Å²) in [5, 5.41) is 2.79. The molecule has 6 nitrogen and oxygen atoms in total. The van der Waals surface area contributed by atoms with Crippen molar-refractivity contribution in [2.24, 2.45) is 5.92 Å². The summed E-state index contributed by atoms with van der Waals surface area (Å²) in [6.45, 7) is 3.89. The molecule has 0 aliphatic carbocycles. The zero-order chi connectivity index (χ0) is 20.0. The summed E-state index contributed by atoms with van der Waals surface area (Å²) < 4.78 is 34.2. The first-order chi connectivity index (χ1) is 12.8. The molecule has 0 atom stereocenters. The summed E-state index contributed by atoms with van der Waals surface area (Å²) in [5.74, 6) is -0.0532. The lowest BCUT2D eigenvalue weighted by molar-refractivity contribution is -0.120. The molecule has 0 unspecified atom stereocenters. The van der Waals surface area contributed by atoms with Gasteiger partial charge >= 0.3 is 0 Å². The van der Waals surface area contributed by atoms with Crippen molar-refractivity contribution in [3.05, 3.63) is 46.9 Å². The van der Waals surface area contributed by atoms with Crippen LogP contribution in [-0.2, 0) is 14.8 Å². The van der Waals surface area contributed by atoms with Gasteiger partial charge in [-0.3, -0.25) is 9.52 Å². The van der Waals surface area contributed by atoms with Crippen molar-refractivity contribution in [1.29, 1.82) is 0 Å². The average Bonchev–Trinajstić information content (AvgIpc) is 2.64. The Labute approximate surface area is 168 Å². The SMILES string of the molecule is CCC(CC)C(=O)Nc1ccc(OC)c(S(=O)(=O)Nc2ccc(Br)cc2)c1. The summed E-state index contributed by atoms with van der Waals surface area (Å²) in [4.78, 5) is 12.3. The van der Waals surface area contributed by atoms with Crippen LogP contribution in [-0.4, -0.2) is 21.4 Å². The molecule has 2 N–H and O–H groups in total. The topological polar surface area (TPSA) is 84.5 Å². The Hall–Kier alpha value is -2.06. The van der Waals surface area contributed by atoms with Crippen molar-refractivity contribution in [1.82, 2.24) is 0 Å². The van der Waals surface area contributed by atoms with Crippen LogP contribution in [0.3, 0.4) is 0 Å². The highest BCUT2D eigenvalue weighted by Gasteiger charge is 2.22. The third-order valence-corrected chi connectivity index (χ3v) is 6.10. The van der Waals surface area contributed by atoms with Crippen LogP contribution in [0.25, 0.3) is 0 Å². The van der Waals surface area contributed by atoms with E-state index in [1.54, 1.807) is 30.3 Å². The van der Waals surface area contributed by atoms with Gasteiger partial charge in [0, 0.05) is 21.8 Å². The molecule has 8 heteroatoms. The molecule has 0 aliphatic heterocycles. The molecule has 0 radical (unpaired) electrons. The lowest BCUT2D eigenvalue weighted by atomic mass is 10.0. The van der Waals surface area contributed by atoms with Crippen molar-refractivity contribution < 1.29 is 17.9 Å². The Morgan fingerprint density at radius 1 is 1.07 bits per heavy atom. The number of halogens is 1. The summed E-state index contributed by atoms with van der Waals surface area (Å²) >= 11 is 3.31. The molecule has 0 fully saturated rings. The van der Waals surface area contributed by atoms with Crippen molar-refractivity contribution in [3.63, 3.8) is 0 Å². The van der Waals surface area contributed by atoms with Gasteiger partial charge in [-0.05, 0) is 55.3 Å². The first kappa shape index (κ1) is 21.2.